The van der Waals surface area contributed by atoms with E-state index in [0.29, 0.717) is 11.8 Å². The van der Waals surface area contributed by atoms with Gasteiger partial charge >= 0.3 is 6.01 Å². The van der Waals surface area contributed by atoms with Gasteiger partial charge in [0.25, 0.3) is 0 Å². The fourth-order valence-corrected chi connectivity index (χ4v) is 1.13. The van der Waals surface area contributed by atoms with Crippen molar-refractivity contribution in [3.05, 3.63) is 33.9 Å². The van der Waals surface area contributed by atoms with Gasteiger partial charge < -0.3 is 14.5 Å². The van der Waals surface area contributed by atoms with Crippen LogP contribution in [0.4, 0.5) is 6.01 Å². The van der Waals surface area contributed by atoms with Crippen molar-refractivity contribution in [2.45, 2.75) is 0 Å². The zero-order chi connectivity index (χ0) is 10.1. The number of benzene rings is 1. The van der Waals surface area contributed by atoms with Gasteiger partial charge in [0.1, 0.15) is 0 Å². The number of nitro groups is 1. The average molecular weight is 192 g/mol. The monoisotopic (exact) mass is 192 g/mol. The molecule has 0 aliphatic rings. The molecule has 0 saturated carbocycles. The second kappa shape index (κ2) is 2.91. The van der Waals surface area contributed by atoms with Gasteiger partial charge in [-0.2, -0.15) is 0 Å². The molecule has 0 atom stereocenters. The van der Waals surface area contributed by atoms with E-state index in [1.807, 2.05) is 0 Å². The Morgan fingerprint density at radius 2 is 2.29 bits per heavy atom. The van der Waals surface area contributed by atoms with Crippen molar-refractivity contribution >= 4 is 23.4 Å². The maximum Gasteiger partial charge on any atom is 0.546 e. The van der Waals surface area contributed by atoms with Crippen LogP contribution in [0.1, 0.15) is 10.4 Å². The molecule has 0 bridgehead atoms. The van der Waals surface area contributed by atoms with E-state index in [9.17, 15) is 14.9 Å². The second-order valence-electron chi connectivity index (χ2n) is 2.57. The van der Waals surface area contributed by atoms with E-state index >= 15 is 0 Å². The minimum Gasteiger partial charge on any atom is -0.381 e. The van der Waals surface area contributed by atoms with Crippen LogP contribution in [-0.2, 0) is 0 Å². The van der Waals surface area contributed by atoms with Gasteiger partial charge in [-0.25, -0.2) is 0 Å². The van der Waals surface area contributed by atoms with Crippen LogP contribution in [0.15, 0.2) is 22.6 Å². The summed E-state index contributed by atoms with van der Waals surface area (Å²) in [6.07, 6.45) is 0.567. The first kappa shape index (κ1) is 8.36. The molecule has 0 N–H and O–H groups in total. The number of carbonyl (C=O) groups is 1. The molecule has 1 aromatic heterocycles. The van der Waals surface area contributed by atoms with E-state index in [4.69, 9.17) is 4.42 Å². The summed E-state index contributed by atoms with van der Waals surface area (Å²) in [6.45, 7) is 0. The predicted octanol–water partition coefficient (Wildman–Crippen LogP) is 1.55. The number of nitrogens with zero attached hydrogens (tertiary/aromatic N) is 2. The number of rotatable bonds is 2. The summed E-state index contributed by atoms with van der Waals surface area (Å²) < 4.78 is 4.81. The van der Waals surface area contributed by atoms with Crippen LogP contribution in [-0.4, -0.2) is 16.2 Å². The largest absolute Gasteiger partial charge is 0.546 e. The lowest BCUT2D eigenvalue weighted by atomic mass is 10.2. The van der Waals surface area contributed by atoms with Gasteiger partial charge in [-0.15, -0.1) is 0 Å². The summed E-state index contributed by atoms with van der Waals surface area (Å²) in [4.78, 5) is 23.7. The minimum atomic E-state index is -0.741. The van der Waals surface area contributed by atoms with Crippen molar-refractivity contribution in [2.75, 3.05) is 0 Å². The maximum atomic E-state index is 10.5. The van der Waals surface area contributed by atoms with E-state index in [-0.39, 0.29) is 11.1 Å². The van der Waals surface area contributed by atoms with Gasteiger partial charge in [0.05, 0.1) is 5.56 Å². The third-order valence-electron chi connectivity index (χ3n) is 1.72. The first-order chi connectivity index (χ1) is 6.72. The average Bonchev–Trinajstić information content (AvgIpc) is 2.60. The lowest BCUT2D eigenvalue weighted by Crippen LogP contribution is -1.85. The number of para-hydroxylation sites is 1. The molecular formula is C8H4N2O4. The highest BCUT2D eigenvalue weighted by atomic mass is 16.7. The Morgan fingerprint density at radius 3 is 2.93 bits per heavy atom. The van der Waals surface area contributed by atoms with Gasteiger partial charge in [-0.1, -0.05) is 6.07 Å². The van der Waals surface area contributed by atoms with Crippen LogP contribution in [0.5, 0.6) is 0 Å². The molecule has 0 radical (unpaired) electrons. The molecule has 0 unspecified atom stereocenters. The summed E-state index contributed by atoms with van der Waals surface area (Å²) in [7, 11) is 0. The van der Waals surface area contributed by atoms with Crippen LogP contribution in [0, 0.1) is 10.1 Å². The van der Waals surface area contributed by atoms with Gasteiger partial charge in [0.2, 0.25) is 5.52 Å². The molecule has 6 heteroatoms. The molecule has 70 valence electrons. The lowest BCUT2D eigenvalue weighted by Gasteiger charge is -1.86. The smallest absolute Gasteiger partial charge is 0.381 e. The number of hydrogen-bond acceptors (Lipinski definition) is 5. The topological polar surface area (TPSA) is 86.2 Å². The molecule has 0 aliphatic carbocycles. The number of oxazole rings is 1. The quantitative estimate of drug-likeness (QED) is 0.409. The molecule has 0 spiro atoms. The molecule has 0 amide bonds. The summed E-state index contributed by atoms with van der Waals surface area (Å²) in [5.74, 6) is 0. The summed E-state index contributed by atoms with van der Waals surface area (Å²) in [5.41, 5.74) is 0.707. The van der Waals surface area contributed by atoms with Crippen molar-refractivity contribution < 1.29 is 14.1 Å². The number of carbonyl (C=O) groups excluding carboxylic acids is 1. The Morgan fingerprint density at radius 1 is 1.50 bits per heavy atom. The van der Waals surface area contributed by atoms with Gasteiger partial charge in [-0.3, -0.25) is 4.79 Å². The van der Waals surface area contributed by atoms with E-state index in [1.54, 1.807) is 12.1 Å². The number of aldehydes is 1. The SMILES string of the molecule is O=Cc1cccc2nc([N+](=O)[O-])oc12. The van der Waals surface area contributed by atoms with Crippen molar-refractivity contribution in [3.8, 4) is 0 Å². The Labute approximate surface area is 77.3 Å². The molecule has 1 heterocycles. The normalized spacial score (nSPS) is 10.3. The molecule has 0 fully saturated rings. The Balaban J connectivity index is 2.76. The minimum absolute atomic E-state index is 0.147. The number of fused-ring (bicyclic) bond motifs is 1. The van der Waals surface area contributed by atoms with Gasteiger partial charge in [0.15, 0.2) is 11.9 Å². The molecule has 1 aromatic carbocycles. The highest BCUT2D eigenvalue weighted by Crippen LogP contribution is 2.22. The van der Waals surface area contributed by atoms with E-state index in [1.165, 1.54) is 6.07 Å². The van der Waals surface area contributed by atoms with Crippen LogP contribution < -0.4 is 0 Å². The molecule has 2 rings (SSSR count). The van der Waals surface area contributed by atoms with Gasteiger partial charge in [0, 0.05) is 9.91 Å². The first-order valence-corrected chi connectivity index (χ1v) is 3.71. The Bertz CT molecular complexity index is 517. The van der Waals surface area contributed by atoms with Gasteiger partial charge in [-0.05, 0) is 12.1 Å². The third kappa shape index (κ3) is 1.13. The zero-order valence-electron chi connectivity index (χ0n) is 6.84. The highest BCUT2D eigenvalue weighted by Gasteiger charge is 2.19. The first-order valence-electron chi connectivity index (χ1n) is 3.71. The van der Waals surface area contributed by atoms with E-state index in [0.717, 1.165) is 0 Å². The summed E-state index contributed by atoms with van der Waals surface area (Å²) in [5, 5.41) is 10.3. The molecule has 6 nitrogen and oxygen atoms in total. The van der Waals surface area contributed by atoms with Crippen LogP contribution in [0.25, 0.3) is 11.1 Å². The highest BCUT2D eigenvalue weighted by molar-refractivity contribution is 5.93. The van der Waals surface area contributed by atoms with Crippen molar-refractivity contribution in [2.24, 2.45) is 0 Å². The van der Waals surface area contributed by atoms with E-state index in [2.05, 4.69) is 4.98 Å². The molecule has 2 aromatic rings. The fraction of sp³-hybridized carbons (Fsp3) is 0. The Kier molecular flexibility index (Phi) is 1.74. The summed E-state index contributed by atoms with van der Waals surface area (Å²) >= 11 is 0. The standard InChI is InChI=1S/C8H4N2O4/c11-4-5-2-1-3-6-7(5)14-8(9-6)10(12)13/h1-4H. The fourth-order valence-electron chi connectivity index (χ4n) is 1.13. The number of aromatic nitrogens is 1. The van der Waals surface area contributed by atoms with Crippen LogP contribution >= 0.6 is 0 Å². The Hall–Kier alpha value is -2.24. The lowest BCUT2D eigenvalue weighted by molar-refractivity contribution is -0.406. The maximum absolute atomic E-state index is 10.5. The second-order valence-corrected chi connectivity index (χ2v) is 2.57. The summed E-state index contributed by atoms with van der Waals surface area (Å²) in [6, 6.07) is 4.02. The third-order valence-corrected chi connectivity index (χ3v) is 1.72. The predicted molar refractivity (Wildman–Crippen MR) is 46.1 cm³/mol. The van der Waals surface area contributed by atoms with Crippen molar-refractivity contribution in [3.63, 3.8) is 0 Å². The van der Waals surface area contributed by atoms with Crippen LogP contribution in [0.3, 0.4) is 0 Å². The molecular weight excluding hydrogens is 188 g/mol. The van der Waals surface area contributed by atoms with Crippen LogP contribution in [0.2, 0.25) is 0 Å². The molecule has 14 heavy (non-hydrogen) atoms. The molecule has 0 saturated heterocycles. The van der Waals surface area contributed by atoms with Crippen molar-refractivity contribution in [1.82, 2.24) is 4.98 Å². The van der Waals surface area contributed by atoms with Crippen molar-refractivity contribution in [1.29, 1.82) is 0 Å². The van der Waals surface area contributed by atoms with E-state index < -0.39 is 10.9 Å². The zero-order valence-corrected chi connectivity index (χ0v) is 6.84. The number of hydrogen-bond donors (Lipinski definition) is 0. The molecule has 0 aliphatic heterocycles.